The van der Waals surface area contributed by atoms with Crippen LogP contribution in [0.3, 0.4) is 0 Å². The lowest BCUT2D eigenvalue weighted by Crippen LogP contribution is -2.49. The Hall–Kier alpha value is -1.26. The number of halogens is 1. The fourth-order valence-corrected chi connectivity index (χ4v) is 4.26. The molecule has 5 heteroatoms. The summed E-state index contributed by atoms with van der Waals surface area (Å²) in [6, 6.07) is 8.04. The maximum Gasteiger partial charge on any atom is 0.230 e. The Labute approximate surface area is 151 Å². The van der Waals surface area contributed by atoms with Crippen molar-refractivity contribution >= 4 is 18.3 Å². The van der Waals surface area contributed by atoms with Crippen LogP contribution in [-0.2, 0) is 11.3 Å². The van der Waals surface area contributed by atoms with Crippen LogP contribution < -0.4 is 10.1 Å². The summed E-state index contributed by atoms with van der Waals surface area (Å²) in [5.41, 5.74) is 1.01. The van der Waals surface area contributed by atoms with Gasteiger partial charge in [-0.15, -0.1) is 12.4 Å². The maximum absolute atomic E-state index is 13.3. The van der Waals surface area contributed by atoms with E-state index in [1.54, 1.807) is 7.11 Å². The molecule has 1 aromatic carbocycles. The standard InChI is InChI=1S/C19H28N2O2.ClH/c1-3-21(13-15-7-9-17(23-2)10-8-15)18(22)19-11-5-4-6-16(19)12-20-14-19;/h7-10,16,20H,3-6,11-14H2,1-2H3;1H/t16-,19+;/m0./s1. The third kappa shape index (κ3) is 3.55. The van der Waals surface area contributed by atoms with Crippen LogP contribution in [0.15, 0.2) is 24.3 Å². The summed E-state index contributed by atoms with van der Waals surface area (Å²) in [6.07, 6.45) is 4.69. The van der Waals surface area contributed by atoms with Gasteiger partial charge in [0.2, 0.25) is 5.91 Å². The van der Waals surface area contributed by atoms with E-state index in [4.69, 9.17) is 4.74 Å². The van der Waals surface area contributed by atoms with Gasteiger partial charge in [-0.1, -0.05) is 25.0 Å². The molecule has 0 radical (unpaired) electrons. The molecule has 0 spiro atoms. The maximum atomic E-state index is 13.3. The Bertz CT molecular complexity index is 549. The first-order valence-corrected chi connectivity index (χ1v) is 8.82. The Morgan fingerprint density at radius 1 is 1.33 bits per heavy atom. The highest BCUT2D eigenvalue weighted by atomic mass is 35.5. The fourth-order valence-electron chi connectivity index (χ4n) is 4.26. The van der Waals surface area contributed by atoms with Gasteiger partial charge in [-0.25, -0.2) is 0 Å². The molecule has 3 rings (SSSR count). The summed E-state index contributed by atoms with van der Waals surface area (Å²) in [4.78, 5) is 15.4. The number of hydrogen-bond donors (Lipinski definition) is 1. The number of amides is 1. The van der Waals surface area contributed by atoms with Crippen LogP contribution in [0.2, 0.25) is 0 Å². The van der Waals surface area contributed by atoms with E-state index in [0.717, 1.165) is 37.4 Å². The van der Waals surface area contributed by atoms with Crippen molar-refractivity contribution < 1.29 is 9.53 Å². The average molecular weight is 353 g/mol. The number of hydrogen-bond acceptors (Lipinski definition) is 3. The average Bonchev–Trinajstić information content (AvgIpc) is 3.04. The predicted molar refractivity (Wildman–Crippen MR) is 98.6 cm³/mol. The van der Waals surface area contributed by atoms with Crippen molar-refractivity contribution in [1.29, 1.82) is 0 Å². The van der Waals surface area contributed by atoms with Gasteiger partial charge in [0.1, 0.15) is 5.75 Å². The lowest BCUT2D eigenvalue weighted by atomic mass is 9.67. The molecular formula is C19H29ClN2O2. The summed E-state index contributed by atoms with van der Waals surface area (Å²) in [5, 5.41) is 3.48. The molecule has 1 saturated carbocycles. The first-order valence-electron chi connectivity index (χ1n) is 8.82. The highest BCUT2D eigenvalue weighted by Gasteiger charge is 2.51. The van der Waals surface area contributed by atoms with Crippen molar-refractivity contribution in [3.05, 3.63) is 29.8 Å². The van der Waals surface area contributed by atoms with Gasteiger partial charge in [-0.3, -0.25) is 4.79 Å². The third-order valence-electron chi connectivity index (χ3n) is 5.67. The molecule has 2 atom stereocenters. The lowest BCUT2D eigenvalue weighted by Gasteiger charge is -2.40. The van der Waals surface area contributed by atoms with Crippen LogP contribution in [0, 0.1) is 11.3 Å². The van der Waals surface area contributed by atoms with Gasteiger partial charge in [0.15, 0.2) is 0 Å². The minimum atomic E-state index is -0.152. The van der Waals surface area contributed by atoms with E-state index in [0.29, 0.717) is 18.4 Å². The van der Waals surface area contributed by atoms with Crippen molar-refractivity contribution in [1.82, 2.24) is 10.2 Å². The van der Waals surface area contributed by atoms with E-state index in [-0.39, 0.29) is 17.8 Å². The molecule has 134 valence electrons. The summed E-state index contributed by atoms with van der Waals surface area (Å²) >= 11 is 0. The number of fused-ring (bicyclic) bond motifs is 1. The minimum absolute atomic E-state index is 0. The summed E-state index contributed by atoms with van der Waals surface area (Å²) in [6.45, 7) is 5.40. The number of rotatable bonds is 5. The number of carbonyl (C=O) groups is 1. The van der Waals surface area contributed by atoms with Crippen LogP contribution in [0.1, 0.15) is 38.2 Å². The second-order valence-electron chi connectivity index (χ2n) is 6.90. The molecule has 0 bridgehead atoms. The number of ether oxygens (including phenoxy) is 1. The first-order chi connectivity index (χ1) is 11.2. The highest BCUT2D eigenvalue weighted by molar-refractivity contribution is 5.85. The van der Waals surface area contributed by atoms with Crippen molar-refractivity contribution in [3.8, 4) is 5.75 Å². The highest BCUT2D eigenvalue weighted by Crippen LogP contribution is 2.45. The molecule has 1 aromatic rings. The van der Waals surface area contributed by atoms with Gasteiger partial charge in [0, 0.05) is 19.6 Å². The van der Waals surface area contributed by atoms with E-state index in [1.807, 2.05) is 17.0 Å². The molecule has 1 saturated heterocycles. The monoisotopic (exact) mass is 352 g/mol. The van der Waals surface area contributed by atoms with Crippen LogP contribution in [0.5, 0.6) is 5.75 Å². The molecule has 1 aliphatic heterocycles. The Morgan fingerprint density at radius 2 is 2.08 bits per heavy atom. The predicted octanol–water partition coefficient (Wildman–Crippen LogP) is 3.25. The van der Waals surface area contributed by atoms with Crippen molar-refractivity contribution in [2.24, 2.45) is 11.3 Å². The molecule has 1 N–H and O–H groups in total. The van der Waals surface area contributed by atoms with Gasteiger partial charge in [0.05, 0.1) is 12.5 Å². The molecule has 1 amide bonds. The topological polar surface area (TPSA) is 41.6 Å². The molecule has 4 nitrogen and oxygen atoms in total. The second-order valence-corrected chi connectivity index (χ2v) is 6.90. The van der Waals surface area contributed by atoms with E-state index >= 15 is 0 Å². The SMILES string of the molecule is CCN(Cc1ccc(OC)cc1)C(=O)[C@@]12CCCC[C@H]1CNC2.Cl. The van der Waals surface area contributed by atoms with Crippen LogP contribution >= 0.6 is 12.4 Å². The third-order valence-corrected chi connectivity index (χ3v) is 5.67. The zero-order chi connectivity index (χ0) is 16.3. The van der Waals surface area contributed by atoms with E-state index < -0.39 is 0 Å². The van der Waals surface area contributed by atoms with Gasteiger partial charge in [0.25, 0.3) is 0 Å². The molecular weight excluding hydrogens is 324 g/mol. The number of carbonyl (C=O) groups excluding carboxylic acids is 1. The van der Waals surface area contributed by atoms with Crippen molar-refractivity contribution in [2.45, 2.75) is 39.2 Å². The second kappa shape index (κ2) is 8.21. The zero-order valence-electron chi connectivity index (χ0n) is 14.7. The number of methoxy groups -OCH3 is 1. The first kappa shape index (κ1) is 19.1. The molecule has 2 fully saturated rings. The molecule has 1 aliphatic carbocycles. The fraction of sp³-hybridized carbons (Fsp3) is 0.632. The smallest absolute Gasteiger partial charge is 0.230 e. The van der Waals surface area contributed by atoms with E-state index in [2.05, 4.69) is 24.4 Å². The Balaban J connectivity index is 0.00000208. The summed E-state index contributed by atoms with van der Waals surface area (Å²) < 4.78 is 5.21. The lowest BCUT2D eigenvalue weighted by molar-refractivity contribution is -0.145. The largest absolute Gasteiger partial charge is 0.497 e. The number of nitrogens with zero attached hydrogens (tertiary/aromatic N) is 1. The quantitative estimate of drug-likeness (QED) is 0.884. The molecule has 24 heavy (non-hydrogen) atoms. The van der Waals surface area contributed by atoms with Crippen LogP contribution in [0.4, 0.5) is 0 Å². The van der Waals surface area contributed by atoms with Gasteiger partial charge in [-0.2, -0.15) is 0 Å². The van der Waals surface area contributed by atoms with Crippen molar-refractivity contribution in [3.63, 3.8) is 0 Å². The van der Waals surface area contributed by atoms with E-state index in [9.17, 15) is 4.79 Å². The molecule has 0 aromatic heterocycles. The zero-order valence-corrected chi connectivity index (χ0v) is 15.5. The Morgan fingerprint density at radius 3 is 2.75 bits per heavy atom. The van der Waals surface area contributed by atoms with Crippen LogP contribution in [-0.4, -0.2) is 37.6 Å². The molecule has 1 heterocycles. The number of benzene rings is 1. The van der Waals surface area contributed by atoms with Gasteiger partial charge in [-0.05, 0) is 49.9 Å². The summed E-state index contributed by atoms with van der Waals surface area (Å²) in [7, 11) is 1.67. The number of nitrogens with one attached hydrogen (secondary N) is 1. The summed E-state index contributed by atoms with van der Waals surface area (Å²) in [5.74, 6) is 1.73. The minimum Gasteiger partial charge on any atom is -0.497 e. The van der Waals surface area contributed by atoms with Gasteiger partial charge >= 0.3 is 0 Å². The Kier molecular flexibility index (Phi) is 6.53. The van der Waals surface area contributed by atoms with E-state index in [1.165, 1.54) is 19.3 Å². The molecule has 0 unspecified atom stereocenters. The van der Waals surface area contributed by atoms with Crippen molar-refractivity contribution in [2.75, 3.05) is 26.7 Å². The molecule has 2 aliphatic rings. The van der Waals surface area contributed by atoms with Gasteiger partial charge < -0.3 is 15.0 Å². The normalized spacial score (nSPS) is 25.5. The van der Waals surface area contributed by atoms with Crippen LogP contribution in [0.25, 0.3) is 0 Å².